The molecule has 0 amide bonds. The lowest BCUT2D eigenvalue weighted by atomic mass is 9.45. The van der Waals surface area contributed by atoms with E-state index in [1.54, 1.807) is 0 Å². The second-order valence-electron chi connectivity index (χ2n) is 10.2. The average molecular weight is 344 g/mol. The molecule has 0 aromatic carbocycles. The third-order valence-electron chi connectivity index (χ3n) is 8.06. The lowest BCUT2D eigenvalue weighted by molar-refractivity contribution is -0.109. The molecular weight excluding hydrogens is 311 g/mol. The van der Waals surface area contributed by atoms with Crippen molar-refractivity contribution in [3.8, 4) is 0 Å². The van der Waals surface area contributed by atoms with E-state index >= 15 is 0 Å². The Kier molecular flexibility index (Phi) is 3.77. The molecule has 0 spiro atoms. The van der Waals surface area contributed by atoms with Gasteiger partial charge >= 0.3 is 7.12 Å². The lowest BCUT2D eigenvalue weighted by Crippen LogP contribution is -2.53. The van der Waals surface area contributed by atoms with Crippen LogP contribution in [0.1, 0.15) is 66.5 Å². The first-order valence-electron chi connectivity index (χ1n) is 9.91. The van der Waals surface area contributed by atoms with Crippen molar-refractivity contribution in [3.63, 3.8) is 0 Å². The Bertz CT molecular complexity index is 661. The summed E-state index contributed by atoms with van der Waals surface area (Å²) in [4.78, 5) is 0. The maximum Gasteiger partial charge on any atom is 0.498 e. The number of hydrogen-bond donors (Lipinski definition) is 0. The van der Waals surface area contributed by atoms with E-state index in [0.29, 0.717) is 5.41 Å². The first-order valence-corrected chi connectivity index (χ1v) is 9.91. The quantitative estimate of drug-likeness (QED) is 0.787. The summed E-state index contributed by atoms with van der Waals surface area (Å²) >= 11 is 0. The summed E-state index contributed by atoms with van der Waals surface area (Å²) in [7, 11) is -0.311. The van der Waals surface area contributed by atoms with Crippen molar-refractivity contribution in [3.05, 3.63) is 11.9 Å². The van der Waals surface area contributed by atoms with Gasteiger partial charge in [-0.15, -0.1) is 0 Å². The molecule has 1 aromatic rings. The van der Waals surface area contributed by atoms with Crippen LogP contribution in [0.5, 0.6) is 0 Å². The molecule has 5 heteroatoms. The van der Waals surface area contributed by atoms with Crippen molar-refractivity contribution in [1.29, 1.82) is 0 Å². The Morgan fingerprint density at radius 3 is 2.32 bits per heavy atom. The zero-order valence-electron chi connectivity index (χ0n) is 16.9. The Balaban J connectivity index is 1.51. The fraction of sp³-hybridized carbons (Fsp3) is 0.850. The molecular formula is C20H33BN2O2. The summed E-state index contributed by atoms with van der Waals surface area (Å²) in [6, 6.07) is 0. The van der Waals surface area contributed by atoms with E-state index in [4.69, 9.17) is 14.4 Å². The van der Waals surface area contributed by atoms with Gasteiger partial charge in [0.2, 0.25) is 0 Å². The molecule has 0 unspecified atom stereocenters. The molecule has 25 heavy (non-hydrogen) atoms. The van der Waals surface area contributed by atoms with Crippen molar-refractivity contribution in [2.75, 3.05) is 0 Å². The topological polar surface area (TPSA) is 36.3 Å². The van der Waals surface area contributed by atoms with E-state index in [1.807, 2.05) is 6.20 Å². The van der Waals surface area contributed by atoms with Gasteiger partial charge in [-0.2, -0.15) is 5.10 Å². The van der Waals surface area contributed by atoms with Crippen molar-refractivity contribution in [2.45, 2.75) is 85.5 Å². The van der Waals surface area contributed by atoms with E-state index in [9.17, 15) is 0 Å². The summed E-state index contributed by atoms with van der Waals surface area (Å²) in [5, 5.41) is 4.71. The molecule has 138 valence electrons. The number of fused-ring (bicyclic) bond motifs is 2. The molecule has 2 heterocycles. The van der Waals surface area contributed by atoms with Gasteiger partial charge in [-0.25, -0.2) is 0 Å². The Labute approximate surface area is 152 Å². The average Bonchev–Trinajstić information content (AvgIpc) is 2.96. The SMILES string of the molecule is Cc1c(B2OC(C)(C)C(C)(C)O2)cnn1C[C@@H]1CC[C@H]2C[C@@H]1C2(C)C. The predicted molar refractivity (Wildman–Crippen MR) is 101 cm³/mol. The molecule has 5 rings (SSSR count). The minimum absolute atomic E-state index is 0.305. The van der Waals surface area contributed by atoms with E-state index in [0.717, 1.165) is 29.8 Å². The molecule has 2 bridgehead atoms. The van der Waals surface area contributed by atoms with Gasteiger partial charge in [-0.05, 0) is 77.0 Å². The monoisotopic (exact) mass is 344 g/mol. The molecule has 4 nitrogen and oxygen atoms in total. The highest BCUT2D eigenvalue weighted by Crippen LogP contribution is 2.61. The van der Waals surface area contributed by atoms with Crippen LogP contribution in [0.2, 0.25) is 0 Å². The van der Waals surface area contributed by atoms with Crippen LogP contribution < -0.4 is 5.46 Å². The highest BCUT2D eigenvalue weighted by Gasteiger charge is 2.55. The molecule has 1 aromatic heterocycles. The van der Waals surface area contributed by atoms with Crippen molar-refractivity contribution >= 4 is 12.6 Å². The molecule has 3 atom stereocenters. The van der Waals surface area contributed by atoms with Crippen LogP contribution in [-0.2, 0) is 15.9 Å². The number of rotatable bonds is 3. The Morgan fingerprint density at radius 2 is 1.76 bits per heavy atom. The van der Waals surface area contributed by atoms with Crippen molar-refractivity contribution in [2.24, 2.45) is 23.2 Å². The van der Waals surface area contributed by atoms with Crippen LogP contribution in [0.25, 0.3) is 0 Å². The van der Waals surface area contributed by atoms with Crippen LogP contribution in [0.4, 0.5) is 0 Å². The van der Waals surface area contributed by atoms with E-state index < -0.39 is 0 Å². The number of hydrogen-bond acceptors (Lipinski definition) is 3. The summed E-state index contributed by atoms with van der Waals surface area (Å²) in [6.45, 7) is 16.5. The molecule has 4 fully saturated rings. The van der Waals surface area contributed by atoms with Crippen LogP contribution in [-0.4, -0.2) is 28.1 Å². The largest absolute Gasteiger partial charge is 0.498 e. The third kappa shape index (κ3) is 2.53. The maximum atomic E-state index is 6.22. The van der Waals surface area contributed by atoms with Gasteiger partial charge in [0, 0.05) is 23.9 Å². The first-order chi connectivity index (χ1) is 11.5. The minimum Gasteiger partial charge on any atom is -0.399 e. The van der Waals surface area contributed by atoms with E-state index in [2.05, 4.69) is 53.1 Å². The molecule has 3 saturated carbocycles. The second-order valence-corrected chi connectivity index (χ2v) is 10.2. The van der Waals surface area contributed by atoms with Gasteiger partial charge in [0.25, 0.3) is 0 Å². The summed E-state index contributed by atoms with van der Waals surface area (Å²) < 4.78 is 14.6. The zero-order chi connectivity index (χ0) is 18.2. The normalized spacial score (nSPS) is 34.8. The summed E-state index contributed by atoms with van der Waals surface area (Å²) in [5.41, 5.74) is 2.19. The molecule has 3 aliphatic carbocycles. The number of aromatic nitrogens is 2. The molecule has 4 aliphatic rings. The van der Waals surface area contributed by atoms with E-state index in [1.165, 1.54) is 25.0 Å². The van der Waals surface area contributed by atoms with Crippen molar-refractivity contribution < 1.29 is 9.31 Å². The summed E-state index contributed by atoms with van der Waals surface area (Å²) in [6.07, 6.45) is 6.11. The van der Waals surface area contributed by atoms with Crippen LogP contribution in [0.3, 0.4) is 0 Å². The highest BCUT2D eigenvalue weighted by molar-refractivity contribution is 6.62. The standard InChI is InChI=1S/C20H33BN2O2/c1-13-17(21-24-19(4,5)20(6,7)25-21)11-22-23(13)12-14-8-9-15-10-16(14)18(15,2)3/h11,14-16H,8-10,12H2,1-7H3/t14-,15-,16-/m0/s1. The Hall–Kier alpha value is -0.805. The van der Waals surface area contributed by atoms with Gasteiger partial charge in [0.15, 0.2) is 0 Å². The number of nitrogens with zero attached hydrogens (tertiary/aromatic N) is 2. The van der Waals surface area contributed by atoms with Gasteiger partial charge in [-0.3, -0.25) is 4.68 Å². The fourth-order valence-electron chi connectivity index (χ4n) is 5.25. The third-order valence-corrected chi connectivity index (χ3v) is 8.06. The van der Waals surface area contributed by atoms with E-state index in [-0.39, 0.29) is 18.3 Å². The minimum atomic E-state index is -0.311. The van der Waals surface area contributed by atoms with Crippen LogP contribution in [0, 0.1) is 30.1 Å². The fourth-order valence-corrected chi connectivity index (χ4v) is 5.25. The van der Waals surface area contributed by atoms with Gasteiger partial charge < -0.3 is 9.31 Å². The molecule has 1 aliphatic heterocycles. The maximum absolute atomic E-state index is 6.22. The van der Waals surface area contributed by atoms with Crippen LogP contribution in [0.15, 0.2) is 6.20 Å². The second kappa shape index (κ2) is 5.35. The molecule has 0 N–H and O–H groups in total. The van der Waals surface area contributed by atoms with Gasteiger partial charge in [0.05, 0.1) is 11.2 Å². The van der Waals surface area contributed by atoms with Crippen molar-refractivity contribution in [1.82, 2.24) is 9.78 Å². The highest BCUT2D eigenvalue weighted by atomic mass is 16.7. The smallest absolute Gasteiger partial charge is 0.399 e. The van der Waals surface area contributed by atoms with Gasteiger partial charge in [-0.1, -0.05) is 13.8 Å². The molecule has 1 saturated heterocycles. The predicted octanol–water partition coefficient (Wildman–Crippen LogP) is 3.56. The first kappa shape index (κ1) is 17.6. The summed E-state index contributed by atoms with van der Waals surface area (Å²) in [5.74, 6) is 2.56. The van der Waals surface area contributed by atoms with Gasteiger partial charge in [0.1, 0.15) is 0 Å². The zero-order valence-corrected chi connectivity index (χ0v) is 16.9. The lowest BCUT2D eigenvalue weighted by Gasteiger charge is -2.60. The Morgan fingerprint density at radius 1 is 1.12 bits per heavy atom. The molecule has 0 radical (unpaired) electrons. The van der Waals surface area contributed by atoms with Crippen LogP contribution >= 0.6 is 0 Å².